The number of rotatable bonds is 9. The van der Waals surface area contributed by atoms with Gasteiger partial charge in [0.1, 0.15) is 0 Å². The van der Waals surface area contributed by atoms with Crippen LogP contribution in [0.2, 0.25) is 0 Å². The van der Waals surface area contributed by atoms with Crippen molar-refractivity contribution >= 4 is 23.5 Å². The molecule has 0 radical (unpaired) electrons. The van der Waals surface area contributed by atoms with Crippen molar-refractivity contribution in [2.75, 3.05) is 24.7 Å². The number of ether oxygens (including phenoxy) is 2. The molecular formula is C31H37N7O5. The number of piperidine rings is 1. The third kappa shape index (κ3) is 7.70. The maximum atomic E-state index is 12.1. The van der Waals surface area contributed by atoms with E-state index >= 15 is 0 Å². The number of hydrogen-bond acceptors (Lipinski definition) is 9. The van der Waals surface area contributed by atoms with Gasteiger partial charge in [-0.1, -0.05) is 59.8 Å². The van der Waals surface area contributed by atoms with Crippen molar-refractivity contribution in [1.82, 2.24) is 30.0 Å². The van der Waals surface area contributed by atoms with Crippen molar-refractivity contribution in [3.05, 3.63) is 89.0 Å². The van der Waals surface area contributed by atoms with Gasteiger partial charge in [0.2, 0.25) is 5.91 Å². The van der Waals surface area contributed by atoms with Crippen LogP contribution in [0.4, 0.5) is 5.69 Å². The monoisotopic (exact) mass is 587 g/mol. The average molecular weight is 588 g/mol. The number of nitrogens with zero attached hydrogens (tertiary/aromatic N) is 7. The molecule has 12 nitrogen and oxygen atoms in total. The number of fused-ring (bicyclic) bond motifs is 1. The van der Waals surface area contributed by atoms with Crippen molar-refractivity contribution in [3.8, 4) is 0 Å². The maximum Gasteiger partial charge on any atom is 0.360 e. The number of carbonyl (C=O) groups is 3. The summed E-state index contributed by atoms with van der Waals surface area (Å²) in [5.74, 6) is 0.177. The number of carbonyl (C=O) groups excluding carboxylic acids is 3. The fourth-order valence-corrected chi connectivity index (χ4v) is 4.71. The number of hydrogen-bond donors (Lipinski definition) is 0. The van der Waals surface area contributed by atoms with Crippen molar-refractivity contribution < 1.29 is 23.9 Å². The van der Waals surface area contributed by atoms with Crippen LogP contribution in [0.5, 0.6) is 0 Å². The first-order chi connectivity index (χ1) is 20.3. The first-order valence-corrected chi connectivity index (χ1v) is 13.9. The van der Waals surface area contributed by atoms with Crippen LogP contribution in [0, 0.1) is 18.8 Å². The van der Waals surface area contributed by atoms with Crippen LogP contribution in [0.15, 0.2) is 60.9 Å². The van der Waals surface area contributed by atoms with Crippen molar-refractivity contribution in [3.63, 3.8) is 0 Å². The topological polar surface area (TPSA) is 134 Å². The molecule has 2 atom stereocenters. The number of aromatic nitrogens is 6. The number of anilines is 1. The first kappa shape index (κ1) is 31.1. The SMILES string of the molecule is C.CCOC(=O)c1cn(Cc2ccc(C)cc2)nn1.CCOC(=O)c1cn(Cc2ccc(N3CC4CC4C3=O)cc2)nn1. The predicted octanol–water partition coefficient (Wildman–Crippen LogP) is 3.93. The lowest BCUT2D eigenvalue weighted by Gasteiger charge is -2.18. The van der Waals surface area contributed by atoms with Crippen molar-refractivity contribution in [1.29, 1.82) is 0 Å². The van der Waals surface area contributed by atoms with Gasteiger partial charge in [-0.2, -0.15) is 0 Å². The zero-order valence-corrected chi connectivity index (χ0v) is 23.8. The zero-order chi connectivity index (χ0) is 29.6. The average Bonchev–Trinajstić information content (AvgIpc) is 3.27. The first-order valence-electron chi connectivity index (χ1n) is 13.9. The molecule has 2 fully saturated rings. The highest BCUT2D eigenvalue weighted by atomic mass is 16.5. The lowest BCUT2D eigenvalue weighted by Crippen LogP contribution is -2.27. The summed E-state index contributed by atoms with van der Waals surface area (Å²) in [6, 6.07) is 16.0. The van der Waals surface area contributed by atoms with Crippen molar-refractivity contribution in [2.24, 2.45) is 11.8 Å². The molecule has 12 heteroatoms. The number of esters is 2. The molecule has 6 rings (SSSR count). The molecule has 226 valence electrons. The molecule has 1 saturated heterocycles. The maximum absolute atomic E-state index is 12.1. The summed E-state index contributed by atoms with van der Waals surface area (Å²) in [6.07, 6.45) is 4.23. The number of aryl methyl sites for hydroxylation is 1. The van der Waals surface area contributed by atoms with Gasteiger partial charge >= 0.3 is 11.9 Å². The minimum absolute atomic E-state index is 0. The zero-order valence-electron chi connectivity index (χ0n) is 23.8. The minimum Gasteiger partial charge on any atom is -0.461 e. The largest absolute Gasteiger partial charge is 0.461 e. The Hall–Kier alpha value is -4.87. The molecular weight excluding hydrogens is 550 g/mol. The molecule has 0 N–H and O–H groups in total. The van der Waals surface area contributed by atoms with Gasteiger partial charge in [-0.05, 0) is 56.4 Å². The summed E-state index contributed by atoms with van der Waals surface area (Å²) in [7, 11) is 0. The van der Waals surface area contributed by atoms with Crippen LogP contribution in [-0.2, 0) is 27.4 Å². The van der Waals surface area contributed by atoms with Gasteiger partial charge in [-0.25, -0.2) is 19.0 Å². The van der Waals surface area contributed by atoms with E-state index in [9.17, 15) is 14.4 Å². The Balaban J connectivity index is 0.000000201. The summed E-state index contributed by atoms with van der Waals surface area (Å²) in [5, 5.41) is 15.5. The van der Waals surface area contributed by atoms with E-state index in [4.69, 9.17) is 9.47 Å². The van der Waals surface area contributed by atoms with Crippen LogP contribution in [0.25, 0.3) is 0 Å². The number of amides is 1. The molecule has 2 aromatic carbocycles. The number of benzene rings is 2. The van der Waals surface area contributed by atoms with E-state index < -0.39 is 11.9 Å². The van der Waals surface area contributed by atoms with E-state index in [0.29, 0.717) is 32.2 Å². The van der Waals surface area contributed by atoms with E-state index in [1.807, 2.05) is 60.4 Å². The van der Waals surface area contributed by atoms with Crippen LogP contribution in [0.3, 0.4) is 0 Å². The Labute approximate surface area is 250 Å². The van der Waals surface area contributed by atoms with E-state index in [1.165, 1.54) is 5.56 Å². The van der Waals surface area contributed by atoms with Gasteiger partial charge in [0.25, 0.3) is 0 Å². The molecule has 1 aliphatic heterocycles. The molecule has 1 aliphatic carbocycles. The Morgan fingerprint density at radius 2 is 1.30 bits per heavy atom. The van der Waals surface area contributed by atoms with Crippen LogP contribution >= 0.6 is 0 Å². The van der Waals surface area contributed by atoms with Crippen LogP contribution in [0.1, 0.15) is 65.4 Å². The van der Waals surface area contributed by atoms with Gasteiger partial charge < -0.3 is 14.4 Å². The highest BCUT2D eigenvalue weighted by Gasteiger charge is 2.52. The molecule has 43 heavy (non-hydrogen) atoms. The molecule has 2 aliphatic rings. The smallest absolute Gasteiger partial charge is 0.360 e. The van der Waals surface area contributed by atoms with Crippen LogP contribution < -0.4 is 4.90 Å². The summed E-state index contributed by atoms with van der Waals surface area (Å²) < 4.78 is 13.0. The van der Waals surface area contributed by atoms with Crippen LogP contribution in [-0.4, -0.2) is 67.6 Å². The molecule has 2 aromatic heterocycles. The Morgan fingerprint density at radius 1 is 0.814 bits per heavy atom. The fourth-order valence-electron chi connectivity index (χ4n) is 4.71. The molecule has 2 unspecified atom stereocenters. The van der Waals surface area contributed by atoms with Gasteiger partial charge in [0, 0.05) is 18.2 Å². The second-order valence-corrected chi connectivity index (χ2v) is 10.2. The molecule has 4 aromatic rings. The van der Waals surface area contributed by atoms with Gasteiger partial charge in [-0.15, -0.1) is 10.2 Å². The highest BCUT2D eigenvalue weighted by Crippen LogP contribution is 2.47. The third-order valence-electron chi connectivity index (χ3n) is 7.03. The second-order valence-electron chi connectivity index (χ2n) is 10.2. The molecule has 0 bridgehead atoms. The fraction of sp³-hybridized carbons (Fsp3) is 0.387. The summed E-state index contributed by atoms with van der Waals surface area (Å²) in [5.41, 5.74) is 4.74. The van der Waals surface area contributed by atoms with E-state index in [2.05, 4.69) is 20.6 Å². The normalized spacial score (nSPS) is 16.4. The lowest BCUT2D eigenvalue weighted by atomic mass is 10.1. The van der Waals surface area contributed by atoms with E-state index in [-0.39, 0.29) is 30.6 Å². The molecule has 3 heterocycles. The highest BCUT2D eigenvalue weighted by molar-refractivity contribution is 5.99. The molecule has 0 spiro atoms. The predicted molar refractivity (Wildman–Crippen MR) is 158 cm³/mol. The second kappa shape index (κ2) is 13.9. The lowest BCUT2D eigenvalue weighted by molar-refractivity contribution is -0.118. The summed E-state index contributed by atoms with van der Waals surface area (Å²) in [4.78, 5) is 37.0. The van der Waals surface area contributed by atoms with Gasteiger partial charge in [-0.3, -0.25) is 4.79 Å². The minimum atomic E-state index is -0.467. The summed E-state index contributed by atoms with van der Waals surface area (Å²) in [6.45, 7) is 8.13. The van der Waals surface area contributed by atoms with Crippen molar-refractivity contribution in [2.45, 2.75) is 47.7 Å². The Morgan fingerprint density at radius 3 is 1.74 bits per heavy atom. The standard InChI is InChI=1S/C17H18N4O3.C13H15N3O2.CH4/c1-2-24-17(23)15-10-20(19-18-15)8-11-3-5-13(6-4-11)21-9-12-7-14(12)16(21)22;1-3-18-13(17)12-9-16(15-14-12)8-11-6-4-10(2)5-7-11;/h3-6,10,12,14H,2,7-9H2,1H3;4-7,9H,3,8H2,1-2H3;1H4. The van der Waals surface area contributed by atoms with Gasteiger partial charge in [0.05, 0.1) is 38.7 Å². The van der Waals surface area contributed by atoms with Gasteiger partial charge in [0.15, 0.2) is 11.4 Å². The molecule has 1 saturated carbocycles. The third-order valence-corrected chi connectivity index (χ3v) is 7.03. The quantitative estimate of drug-likeness (QED) is 0.267. The van der Waals surface area contributed by atoms with E-state index in [0.717, 1.165) is 29.8 Å². The Bertz CT molecular complexity index is 1550. The van der Waals surface area contributed by atoms with E-state index in [1.54, 1.807) is 35.6 Å². The Kier molecular flexibility index (Phi) is 10.0. The molecule has 1 amide bonds. The summed E-state index contributed by atoms with van der Waals surface area (Å²) >= 11 is 0.